The van der Waals surface area contributed by atoms with E-state index < -0.39 is 0 Å². The third-order valence-electron chi connectivity index (χ3n) is 1.10. The van der Waals surface area contributed by atoms with Gasteiger partial charge in [-0.15, -0.1) is 6.58 Å². The largest absolute Gasteiger partial charge is 0.103 e. The number of hydrogen-bond acceptors (Lipinski definition) is 0. The zero-order valence-electron chi connectivity index (χ0n) is 8.51. The van der Waals surface area contributed by atoms with E-state index in [4.69, 9.17) is 0 Å². The number of allylic oxidation sites excluding steroid dienone is 6. The maximum Gasteiger partial charge on any atom is -0.0166 e. The van der Waals surface area contributed by atoms with E-state index in [9.17, 15) is 0 Å². The molecule has 0 aromatic heterocycles. The summed E-state index contributed by atoms with van der Waals surface area (Å²) in [6.07, 6.45) is 10.7. The Morgan fingerprint density at radius 3 is 2.25 bits per heavy atom. The van der Waals surface area contributed by atoms with Gasteiger partial charge in [0.1, 0.15) is 0 Å². The van der Waals surface area contributed by atoms with Crippen LogP contribution in [0.2, 0.25) is 0 Å². The predicted molar refractivity (Wildman–Crippen MR) is 59.3 cm³/mol. The van der Waals surface area contributed by atoms with Gasteiger partial charge < -0.3 is 0 Å². The molecule has 0 saturated heterocycles. The van der Waals surface area contributed by atoms with Gasteiger partial charge in [-0.25, -0.2) is 0 Å². The van der Waals surface area contributed by atoms with Crippen molar-refractivity contribution >= 4 is 0 Å². The maximum absolute atomic E-state index is 3.62. The molecule has 0 saturated carbocycles. The van der Waals surface area contributed by atoms with Gasteiger partial charge >= 0.3 is 0 Å². The van der Waals surface area contributed by atoms with Crippen LogP contribution in [-0.4, -0.2) is 0 Å². The molecule has 0 aliphatic heterocycles. The van der Waals surface area contributed by atoms with Crippen molar-refractivity contribution in [1.82, 2.24) is 0 Å². The molecule has 0 atom stereocenters. The minimum absolute atomic E-state index is 0.938. The first-order chi connectivity index (χ1) is 5.81. The molecule has 0 heterocycles. The molecule has 0 radical (unpaired) electrons. The normalized spacial score (nSPS) is 10.4. The summed E-state index contributed by atoms with van der Waals surface area (Å²) < 4.78 is 0. The van der Waals surface area contributed by atoms with Crippen LogP contribution in [0, 0.1) is 0 Å². The van der Waals surface area contributed by atoms with Gasteiger partial charge in [0.25, 0.3) is 0 Å². The molecule has 0 spiro atoms. The van der Waals surface area contributed by atoms with Gasteiger partial charge in [-0.05, 0) is 13.3 Å². The Balaban J connectivity index is 0. The first kappa shape index (κ1) is 13.5. The fourth-order valence-corrected chi connectivity index (χ4v) is 0.557. The average Bonchev–Trinajstić information content (AvgIpc) is 2.14. The SMILES string of the molecule is C=C/C=C\C(C)=C/CC=C.CC. The van der Waals surface area contributed by atoms with Crippen molar-refractivity contribution in [1.29, 1.82) is 0 Å². The zero-order chi connectivity index (χ0) is 9.82. The molecule has 0 heteroatoms. The summed E-state index contributed by atoms with van der Waals surface area (Å²) in [5.41, 5.74) is 1.25. The van der Waals surface area contributed by atoms with E-state index in [-0.39, 0.29) is 0 Å². The van der Waals surface area contributed by atoms with Crippen molar-refractivity contribution < 1.29 is 0 Å². The third-order valence-corrected chi connectivity index (χ3v) is 1.10. The van der Waals surface area contributed by atoms with E-state index in [0.717, 1.165) is 6.42 Å². The second-order valence-electron chi connectivity index (χ2n) is 2.07. The van der Waals surface area contributed by atoms with Gasteiger partial charge in [0.15, 0.2) is 0 Å². The summed E-state index contributed by atoms with van der Waals surface area (Å²) in [4.78, 5) is 0. The van der Waals surface area contributed by atoms with Gasteiger partial charge in [-0.1, -0.05) is 56.4 Å². The molecule has 0 aromatic rings. The second-order valence-corrected chi connectivity index (χ2v) is 2.07. The molecule has 0 nitrogen and oxygen atoms in total. The zero-order valence-corrected chi connectivity index (χ0v) is 8.51. The Morgan fingerprint density at radius 1 is 1.25 bits per heavy atom. The fraction of sp³-hybridized carbons (Fsp3) is 0.333. The van der Waals surface area contributed by atoms with Crippen LogP contribution in [0.25, 0.3) is 0 Å². The molecule has 0 amide bonds. The molecule has 0 aliphatic carbocycles. The molecule has 0 unspecified atom stereocenters. The fourth-order valence-electron chi connectivity index (χ4n) is 0.557. The van der Waals surface area contributed by atoms with Crippen molar-refractivity contribution in [3.8, 4) is 0 Å². The van der Waals surface area contributed by atoms with E-state index in [2.05, 4.69) is 26.2 Å². The average molecular weight is 164 g/mol. The van der Waals surface area contributed by atoms with Crippen LogP contribution in [0.15, 0.2) is 49.1 Å². The van der Waals surface area contributed by atoms with Crippen LogP contribution < -0.4 is 0 Å². The van der Waals surface area contributed by atoms with E-state index in [1.807, 2.05) is 32.1 Å². The highest BCUT2D eigenvalue weighted by atomic mass is 13.8. The van der Waals surface area contributed by atoms with Gasteiger partial charge in [-0.3, -0.25) is 0 Å². The molecule has 0 fully saturated rings. The molecule has 0 aromatic carbocycles. The van der Waals surface area contributed by atoms with Crippen molar-refractivity contribution in [2.24, 2.45) is 0 Å². The van der Waals surface area contributed by atoms with Crippen LogP contribution in [0.1, 0.15) is 27.2 Å². The van der Waals surface area contributed by atoms with Gasteiger partial charge in [-0.2, -0.15) is 0 Å². The molecular weight excluding hydrogens is 144 g/mol. The van der Waals surface area contributed by atoms with E-state index >= 15 is 0 Å². The molecule has 12 heavy (non-hydrogen) atoms. The molecular formula is C12H20. The number of hydrogen-bond donors (Lipinski definition) is 0. The lowest BCUT2D eigenvalue weighted by atomic mass is 10.2. The highest BCUT2D eigenvalue weighted by Crippen LogP contribution is 1.97. The maximum atomic E-state index is 3.62. The lowest BCUT2D eigenvalue weighted by Crippen LogP contribution is -1.66. The first-order valence-electron chi connectivity index (χ1n) is 4.38. The summed E-state index contributed by atoms with van der Waals surface area (Å²) in [5, 5.41) is 0. The van der Waals surface area contributed by atoms with E-state index in [1.165, 1.54) is 5.57 Å². The van der Waals surface area contributed by atoms with E-state index in [0.29, 0.717) is 0 Å². The highest BCUT2D eigenvalue weighted by molar-refractivity contribution is 5.19. The summed E-state index contributed by atoms with van der Waals surface area (Å²) in [6.45, 7) is 13.3. The van der Waals surface area contributed by atoms with Gasteiger partial charge in [0, 0.05) is 0 Å². The Kier molecular flexibility index (Phi) is 14.2. The standard InChI is InChI=1S/C10H14.C2H6/c1-4-6-8-10(3)9-7-5-2;1-2/h4-6,8-9H,1-2,7H2,3H3;1-2H3/b8-6-,10-9-;. The molecule has 0 N–H and O–H groups in total. The molecule has 68 valence electrons. The number of rotatable bonds is 4. The lowest BCUT2D eigenvalue weighted by molar-refractivity contribution is 1.34. The van der Waals surface area contributed by atoms with Crippen molar-refractivity contribution in [2.45, 2.75) is 27.2 Å². The molecule has 0 aliphatic rings. The highest BCUT2D eigenvalue weighted by Gasteiger charge is 1.76. The quantitative estimate of drug-likeness (QED) is 0.430. The Labute approximate surface area is 77.0 Å². The molecule has 0 rings (SSSR count). The second kappa shape index (κ2) is 12.6. The summed E-state index contributed by atoms with van der Waals surface area (Å²) in [6, 6.07) is 0. The van der Waals surface area contributed by atoms with Crippen molar-refractivity contribution in [3.05, 3.63) is 49.1 Å². The Bertz CT molecular complexity index is 159. The van der Waals surface area contributed by atoms with Crippen molar-refractivity contribution in [3.63, 3.8) is 0 Å². The van der Waals surface area contributed by atoms with Crippen LogP contribution in [0.4, 0.5) is 0 Å². The Morgan fingerprint density at radius 2 is 1.83 bits per heavy atom. The minimum Gasteiger partial charge on any atom is -0.103 e. The summed E-state index contributed by atoms with van der Waals surface area (Å²) >= 11 is 0. The first-order valence-corrected chi connectivity index (χ1v) is 4.38. The summed E-state index contributed by atoms with van der Waals surface area (Å²) in [7, 11) is 0. The monoisotopic (exact) mass is 164 g/mol. The van der Waals surface area contributed by atoms with Crippen LogP contribution in [0.5, 0.6) is 0 Å². The topological polar surface area (TPSA) is 0 Å². The smallest absolute Gasteiger partial charge is 0.0166 e. The van der Waals surface area contributed by atoms with Crippen LogP contribution in [0.3, 0.4) is 0 Å². The lowest BCUT2D eigenvalue weighted by Gasteiger charge is -1.86. The van der Waals surface area contributed by atoms with Crippen LogP contribution in [-0.2, 0) is 0 Å². The van der Waals surface area contributed by atoms with Gasteiger partial charge in [0.2, 0.25) is 0 Å². The van der Waals surface area contributed by atoms with Gasteiger partial charge in [0.05, 0.1) is 0 Å². The minimum atomic E-state index is 0.938. The Hall–Kier alpha value is -1.04. The van der Waals surface area contributed by atoms with Crippen molar-refractivity contribution in [2.75, 3.05) is 0 Å². The van der Waals surface area contributed by atoms with Crippen LogP contribution >= 0.6 is 0 Å². The summed E-state index contributed by atoms with van der Waals surface area (Å²) in [5.74, 6) is 0. The predicted octanol–water partition coefficient (Wildman–Crippen LogP) is 4.28. The molecule has 0 bridgehead atoms. The third kappa shape index (κ3) is 11.7. The van der Waals surface area contributed by atoms with E-state index in [1.54, 1.807) is 6.08 Å².